The molecule has 2 heterocycles. The average molecular weight is 455 g/mol. The van der Waals surface area contributed by atoms with Crippen LogP contribution in [0.15, 0.2) is 53.9 Å². The lowest BCUT2D eigenvalue weighted by molar-refractivity contribution is -0.137. The zero-order valence-corrected chi connectivity index (χ0v) is 16.7. The fourth-order valence-corrected chi connectivity index (χ4v) is 4.27. The van der Waals surface area contributed by atoms with E-state index in [-0.39, 0.29) is 23.4 Å². The number of ether oxygens (including phenoxy) is 1. The maximum atomic E-state index is 13.0. The fraction of sp³-hybridized carbons (Fsp3) is 0.250. The number of nitrogens with two attached hydrogens (primary N) is 1. The van der Waals surface area contributed by atoms with Gasteiger partial charge in [0.2, 0.25) is 5.88 Å². The van der Waals surface area contributed by atoms with Gasteiger partial charge in [-0.1, -0.05) is 41.4 Å². The van der Waals surface area contributed by atoms with Gasteiger partial charge in [0.05, 0.1) is 27.2 Å². The molecule has 2 aliphatic heterocycles. The highest BCUT2D eigenvalue weighted by Gasteiger charge is 2.49. The molecule has 4 N–H and O–H groups in total. The van der Waals surface area contributed by atoms with Crippen LogP contribution in [0.1, 0.15) is 28.7 Å². The Labute approximate surface area is 180 Å². The number of allylic oxidation sites excluding steroid dienone is 1. The Kier molecular flexibility index (Phi) is 5.32. The quantitative estimate of drug-likeness (QED) is 0.616. The second kappa shape index (κ2) is 7.67. The molecule has 1 saturated heterocycles. The highest BCUT2D eigenvalue weighted by molar-refractivity contribution is 6.42. The molecule has 0 bridgehead atoms. The number of hydrogen-bond acceptors (Lipinski definition) is 5. The van der Waals surface area contributed by atoms with Gasteiger partial charge in [0.15, 0.2) is 6.23 Å². The van der Waals surface area contributed by atoms with Crippen molar-refractivity contribution in [1.82, 2.24) is 10.9 Å². The third-order valence-corrected chi connectivity index (χ3v) is 6.09. The number of alkyl halides is 3. The van der Waals surface area contributed by atoms with Gasteiger partial charge in [-0.25, -0.2) is 10.9 Å². The summed E-state index contributed by atoms with van der Waals surface area (Å²) >= 11 is 12.2. The summed E-state index contributed by atoms with van der Waals surface area (Å²) in [5.41, 5.74) is 12.8. The van der Waals surface area contributed by atoms with Gasteiger partial charge in [0.25, 0.3) is 0 Å². The number of fused-ring (bicyclic) bond motifs is 1. The molecule has 0 spiro atoms. The standard InChI is InChI=1S/C20H15Cl2F3N4O/c21-13-6-3-10(7-14(13)22)17-16-15(9-1-4-11(5-2-9)20(23,24)25)12(8-26)18(27)30-19(16)29-28-17/h1-7,15-17,19,28-29H,27H2. The van der Waals surface area contributed by atoms with Crippen molar-refractivity contribution in [1.29, 1.82) is 5.26 Å². The number of benzene rings is 2. The van der Waals surface area contributed by atoms with E-state index in [1.807, 2.05) is 0 Å². The summed E-state index contributed by atoms with van der Waals surface area (Å²) in [4.78, 5) is 0. The summed E-state index contributed by atoms with van der Waals surface area (Å²) in [6.45, 7) is 0. The number of hydrogen-bond donors (Lipinski definition) is 3. The Morgan fingerprint density at radius 2 is 1.67 bits per heavy atom. The van der Waals surface area contributed by atoms with Gasteiger partial charge in [-0.2, -0.15) is 18.4 Å². The van der Waals surface area contributed by atoms with E-state index in [4.69, 9.17) is 33.7 Å². The first-order valence-electron chi connectivity index (χ1n) is 8.90. The topological polar surface area (TPSA) is 83.1 Å². The number of hydrazine groups is 1. The normalized spacial score (nSPS) is 26.1. The fourth-order valence-electron chi connectivity index (χ4n) is 3.96. The lowest BCUT2D eigenvalue weighted by atomic mass is 9.74. The van der Waals surface area contributed by atoms with E-state index in [9.17, 15) is 18.4 Å². The predicted molar refractivity (Wildman–Crippen MR) is 105 cm³/mol. The molecule has 0 saturated carbocycles. The molecule has 5 nitrogen and oxygen atoms in total. The number of rotatable bonds is 2. The van der Waals surface area contributed by atoms with E-state index in [0.717, 1.165) is 17.7 Å². The Hall–Kier alpha value is -2.44. The van der Waals surface area contributed by atoms with Crippen LogP contribution in [0, 0.1) is 17.2 Å². The molecular weight excluding hydrogens is 440 g/mol. The molecule has 2 aromatic carbocycles. The average Bonchev–Trinajstić information content (AvgIpc) is 3.11. The number of nitrogens with one attached hydrogen (secondary N) is 2. The minimum absolute atomic E-state index is 0.0623. The summed E-state index contributed by atoms with van der Waals surface area (Å²) in [5.74, 6) is -1.05. The van der Waals surface area contributed by atoms with Crippen molar-refractivity contribution in [2.24, 2.45) is 11.7 Å². The van der Waals surface area contributed by atoms with Gasteiger partial charge in [-0.3, -0.25) is 0 Å². The molecular formula is C20H15Cl2F3N4O. The Bertz CT molecular complexity index is 1050. The molecule has 4 unspecified atom stereocenters. The lowest BCUT2D eigenvalue weighted by Gasteiger charge is -2.36. The molecule has 156 valence electrons. The van der Waals surface area contributed by atoms with Crippen LogP contribution in [0.5, 0.6) is 0 Å². The molecule has 10 heteroatoms. The van der Waals surface area contributed by atoms with Crippen LogP contribution >= 0.6 is 23.2 Å². The maximum Gasteiger partial charge on any atom is 0.416 e. The van der Waals surface area contributed by atoms with Gasteiger partial charge in [0.1, 0.15) is 6.07 Å². The van der Waals surface area contributed by atoms with Gasteiger partial charge in [-0.05, 0) is 35.4 Å². The van der Waals surface area contributed by atoms with Crippen molar-refractivity contribution in [2.45, 2.75) is 24.4 Å². The predicted octanol–water partition coefficient (Wildman–Crippen LogP) is 4.61. The van der Waals surface area contributed by atoms with Crippen molar-refractivity contribution in [2.75, 3.05) is 0 Å². The first-order chi connectivity index (χ1) is 14.2. The minimum Gasteiger partial charge on any atom is -0.458 e. The maximum absolute atomic E-state index is 13.0. The zero-order valence-electron chi connectivity index (χ0n) is 15.2. The molecule has 30 heavy (non-hydrogen) atoms. The molecule has 2 aliphatic rings. The number of halogens is 5. The molecule has 0 aliphatic carbocycles. The van der Waals surface area contributed by atoms with E-state index in [0.29, 0.717) is 15.6 Å². The van der Waals surface area contributed by atoms with Crippen molar-refractivity contribution in [3.8, 4) is 6.07 Å². The second-order valence-electron chi connectivity index (χ2n) is 7.04. The molecule has 4 atom stereocenters. The molecule has 1 fully saturated rings. The van der Waals surface area contributed by atoms with E-state index in [2.05, 4.69) is 16.9 Å². The first kappa shape index (κ1) is 20.8. The third kappa shape index (κ3) is 3.59. The summed E-state index contributed by atoms with van der Waals surface area (Å²) in [5, 5.41) is 10.5. The van der Waals surface area contributed by atoms with Crippen LogP contribution in [0.25, 0.3) is 0 Å². The molecule has 0 radical (unpaired) electrons. The van der Waals surface area contributed by atoms with Crippen LogP contribution in [-0.4, -0.2) is 6.23 Å². The van der Waals surface area contributed by atoms with E-state index >= 15 is 0 Å². The summed E-state index contributed by atoms with van der Waals surface area (Å²) in [7, 11) is 0. The highest BCUT2D eigenvalue weighted by Crippen LogP contribution is 2.48. The Balaban J connectivity index is 1.79. The molecule has 2 aromatic rings. The first-order valence-corrected chi connectivity index (χ1v) is 9.66. The largest absolute Gasteiger partial charge is 0.458 e. The van der Waals surface area contributed by atoms with Gasteiger partial charge in [0, 0.05) is 11.8 Å². The summed E-state index contributed by atoms with van der Waals surface area (Å²) < 4.78 is 44.6. The summed E-state index contributed by atoms with van der Waals surface area (Å²) in [6, 6.07) is 11.5. The number of nitriles is 1. The van der Waals surface area contributed by atoms with Crippen LogP contribution in [0.3, 0.4) is 0 Å². The lowest BCUT2D eigenvalue weighted by Crippen LogP contribution is -2.41. The van der Waals surface area contributed by atoms with Gasteiger partial charge in [-0.15, -0.1) is 0 Å². The Morgan fingerprint density at radius 3 is 2.27 bits per heavy atom. The van der Waals surface area contributed by atoms with Gasteiger partial charge < -0.3 is 10.5 Å². The smallest absolute Gasteiger partial charge is 0.416 e. The second-order valence-corrected chi connectivity index (χ2v) is 7.86. The van der Waals surface area contributed by atoms with Crippen molar-refractivity contribution >= 4 is 23.2 Å². The van der Waals surface area contributed by atoms with Crippen LogP contribution in [-0.2, 0) is 10.9 Å². The Morgan fingerprint density at radius 1 is 1.00 bits per heavy atom. The monoisotopic (exact) mass is 454 g/mol. The highest BCUT2D eigenvalue weighted by atomic mass is 35.5. The van der Waals surface area contributed by atoms with Crippen LogP contribution in [0.2, 0.25) is 10.0 Å². The summed E-state index contributed by atoms with van der Waals surface area (Å²) in [6.07, 6.45) is -5.06. The third-order valence-electron chi connectivity index (χ3n) is 5.35. The molecule has 0 aromatic heterocycles. The SMILES string of the molecule is N#CC1=C(N)OC2NNC(c3ccc(Cl)c(Cl)c3)C2C1c1ccc(C(F)(F)F)cc1. The van der Waals surface area contributed by atoms with E-state index < -0.39 is 23.9 Å². The van der Waals surface area contributed by atoms with Gasteiger partial charge >= 0.3 is 6.18 Å². The van der Waals surface area contributed by atoms with Crippen molar-refractivity contribution < 1.29 is 17.9 Å². The van der Waals surface area contributed by atoms with Crippen molar-refractivity contribution in [3.63, 3.8) is 0 Å². The van der Waals surface area contributed by atoms with Crippen LogP contribution in [0.4, 0.5) is 13.2 Å². The molecule has 4 rings (SSSR count). The van der Waals surface area contributed by atoms with E-state index in [1.165, 1.54) is 12.1 Å². The van der Waals surface area contributed by atoms with Crippen molar-refractivity contribution in [3.05, 3.63) is 80.7 Å². The zero-order chi connectivity index (χ0) is 21.6. The minimum atomic E-state index is -4.46. The number of nitrogens with zero attached hydrogens (tertiary/aromatic N) is 1. The van der Waals surface area contributed by atoms with Crippen LogP contribution < -0.4 is 16.6 Å². The van der Waals surface area contributed by atoms with E-state index in [1.54, 1.807) is 18.2 Å². The molecule has 0 amide bonds.